The molecule has 110 valence electrons. The molecule has 20 heavy (non-hydrogen) atoms. The standard InChI is InChI=1S/C16H25NO2Si/c1-13(11-15(18)19-5)12-20(6,16(2,3)4)14-9-7-8-10-17-14/h7-11H,12H2,1-6H3/b13-11+. The van der Waals surface area contributed by atoms with Gasteiger partial charge in [-0.2, -0.15) is 0 Å². The van der Waals surface area contributed by atoms with Crippen molar-refractivity contribution in [2.45, 2.75) is 45.3 Å². The lowest BCUT2D eigenvalue weighted by atomic mass is 10.2. The summed E-state index contributed by atoms with van der Waals surface area (Å²) >= 11 is 0. The van der Waals surface area contributed by atoms with Crippen LogP contribution in [0.4, 0.5) is 0 Å². The third-order valence-electron chi connectivity index (χ3n) is 4.08. The summed E-state index contributed by atoms with van der Waals surface area (Å²) in [7, 11) is -0.449. The molecule has 0 fully saturated rings. The maximum atomic E-state index is 11.4. The highest BCUT2D eigenvalue weighted by Gasteiger charge is 2.42. The summed E-state index contributed by atoms with van der Waals surface area (Å²) in [6, 6.07) is 7.00. The Morgan fingerprint density at radius 2 is 2.05 bits per heavy atom. The van der Waals surface area contributed by atoms with Crippen molar-refractivity contribution in [1.82, 2.24) is 4.98 Å². The molecule has 0 saturated carbocycles. The Hall–Kier alpha value is -1.42. The lowest BCUT2D eigenvalue weighted by Crippen LogP contribution is -2.53. The van der Waals surface area contributed by atoms with Crippen molar-refractivity contribution >= 4 is 19.4 Å². The lowest BCUT2D eigenvalue weighted by Gasteiger charge is -2.40. The third kappa shape index (κ3) is 3.79. The number of aromatic nitrogens is 1. The molecule has 1 aromatic rings. The Morgan fingerprint density at radius 3 is 2.50 bits per heavy atom. The van der Waals surface area contributed by atoms with Gasteiger partial charge in [0.25, 0.3) is 0 Å². The summed E-state index contributed by atoms with van der Waals surface area (Å²) in [5.41, 5.74) is 1.06. The number of hydrogen-bond acceptors (Lipinski definition) is 3. The number of nitrogens with zero attached hydrogens (tertiary/aromatic N) is 1. The molecule has 0 bridgehead atoms. The smallest absolute Gasteiger partial charge is 0.330 e. The average Bonchev–Trinajstić information content (AvgIpc) is 2.38. The zero-order chi connectivity index (χ0) is 15.4. The van der Waals surface area contributed by atoms with E-state index in [0.29, 0.717) is 0 Å². The number of hydrogen-bond donors (Lipinski definition) is 0. The molecule has 1 rings (SSSR count). The van der Waals surface area contributed by atoms with E-state index in [-0.39, 0.29) is 11.0 Å². The summed E-state index contributed by atoms with van der Waals surface area (Å²) in [5.74, 6) is -0.284. The van der Waals surface area contributed by atoms with Gasteiger partial charge in [-0.15, -0.1) is 0 Å². The first-order valence-electron chi connectivity index (χ1n) is 6.87. The van der Waals surface area contributed by atoms with Crippen LogP contribution in [-0.4, -0.2) is 26.1 Å². The van der Waals surface area contributed by atoms with Gasteiger partial charge in [0.15, 0.2) is 0 Å². The van der Waals surface area contributed by atoms with Gasteiger partial charge >= 0.3 is 5.97 Å². The van der Waals surface area contributed by atoms with Crippen molar-refractivity contribution in [2.24, 2.45) is 0 Å². The summed E-state index contributed by atoms with van der Waals surface area (Å²) in [4.78, 5) is 16.0. The lowest BCUT2D eigenvalue weighted by molar-refractivity contribution is -0.134. The topological polar surface area (TPSA) is 39.2 Å². The number of pyridine rings is 1. The monoisotopic (exact) mass is 291 g/mol. The molecule has 4 heteroatoms. The van der Waals surface area contributed by atoms with E-state index in [0.717, 1.165) is 11.6 Å². The molecule has 0 radical (unpaired) electrons. The van der Waals surface area contributed by atoms with Crippen LogP contribution in [0, 0.1) is 0 Å². The van der Waals surface area contributed by atoms with Crippen LogP contribution in [-0.2, 0) is 9.53 Å². The first-order valence-corrected chi connectivity index (χ1v) is 9.58. The molecule has 0 saturated heterocycles. The van der Waals surface area contributed by atoms with Crippen LogP contribution in [0.1, 0.15) is 27.7 Å². The molecule has 0 aromatic carbocycles. The van der Waals surface area contributed by atoms with E-state index in [9.17, 15) is 4.79 Å². The second kappa shape index (κ2) is 6.35. The first-order chi connectivity index (χ1) is 9.20. The largest absolute Gasteiger partial charge is 0.466 e. The third-order valence-corrected chi connectivity index (χ3v) is 10.1. The quantitative estimate of drug-likeness (QED) is 0.485. The molecule has 1 unspecified atom stereocenters. The minimum Gasteiger partial charge on any atom is -0.466 e. The van der Waals surface area contributed by atoms with Crippen LogP contribution in [0.3, 0.4) is 0 Å². The van der Waals surface area contributed by atoms with E-state index in [1.165, 1.54) is 12.4 Å². The molecule has 1 atom stereocenters. The average molecular weight is 291 g/mol. The fourth-order valence-corrected chi connectivity index (χ4v) is 5.82. The molecule has 0 N–H and O–H groups in total. The van der Waals surface area contributed by atoms with Gasteiger partial charge in [-0.25, -0.2) is 4.79 Å². The van der Waals surface area contributed by atoms with Crippen molar-refractivity contribution in [3.8, 4) is 0 Å². The number of rotatable bonds is 4. The van der Waals surface area contributed by atoms with Crippen molar-refractivity contribution in [1.29, 1.82) is 0 Å². The van der Waals surface area contributed by atoms with Crippen molar-refractivity contribution < 1.29 is 9.53 Å². The molecule has 0 aliphatic heterocycles. The van der Waals surface area contributed by atoms with Gasteiger partial charge in [0.1, 0.15) is 8.07 Å². The Kier molecular flexibility index (Phi) is 5.28. The van der Waals surface area contributed by atoms with Crippen LogP contribution in [0.15, 0.2) is 36.0 Å². The van der Waals surface area contributed by atoms with Crippen molar-refractivity contribution in [2.75, 3.05) is 7.11 Å². The number of carbonyl (C=O) groups excluding carboxylic acids is 1. The van der Waals surface area contributed by atoms with Gasteiger partial charge in [0.2, 0.25) is 0 Å². The normalized spacial score (nSPS) is 15.6. The van der Waals surface area contributed by atoms with E-state index >= 15 is 0 Å². The maximum Gasteiger partial charge on any atom is 0.330 e. The number of ether oxygens (including phenoxy) is 1. The Labute approximate surface area is 123 Å². The van der Waals surface area contributed by atoms with Crippen molar-refractivity contribution in [3.63, 3.8) is 0 Å². The van der Waals surface area contributed by atoms with E-state index in [1.54, 1.807) is 6.08 Å². The van der Waals surface area contributed by atoms with E-state index in [4.69, 9.17) is 4.74 Å². The van der Waals surface area contributed by atoms with Gasteiger partial charge in [-0.1, -0.05) is 39.0 Å². The second-order valence-corrected chi connectivity index (χ2v) is 11.5. The molecular weight excluding hydrogens is 266 g/mol. The number of esters is 1. The van der Waals surface area contributed by atoms with Gasteiger partial charge in [0, 0.05) is 17.6 Å². The Bertz CT molecular complexity index is 491. The van der Waals surface area contributed by atoms with Gasteiger partial charge in [-0.3, -0.25) is 4.98 Å². The highest BCUT2D eigenvalue weighted by molar-refractivity contribution is 6.93. The summed E-state index contributed by atoms with van der Waals surface area (Å²) in [6.07, 6.45) is 3.45. The first kappa shape index (κ1) is 16.6. The van der Waals surface area contributed by atoms with Crippen LogP contribution in [0.2, 0.25) is 17.6 Å². The van der Waals surface area contributed by atoms with Crippen LogP contribution >= 0.6 is 0 Å². The van der Waals surface area contributed by atoms with Crippen LogP contribution in [0.5, 0.6) is 0 Å². The van der Waals surface area contributed by atoms with Crippen LogP contribution < -0.4 is 5.32 Å². The predicted octanol–water partition coefficient (Wildman–Crippen LogP) is 3.29. The predicted molar refractivity (Wildman–Crippen MR) is 85.8 cm³/mol. The minimum atomic E-state index is -1.86. The second-order valence-electron chi connectivity index (χ2n) is 6.49. The Morgan fingerprint density at radius 1 is 1.40 bits per heavy atom. The van der Waals surface area contributed by atoms with Gasteiger partial charge in [-0.05, 0) is 30.1 Å². The summed E-state index contributed by atoms with van der Waals surface area (Å²) in [6.45, 7) is 11.1. The SMILES string of the molecule is COC(=O)/C=C(\C)C[Si](C)(c1ccccn1)C(C)(C)C. The van der Waals surface area contributed by atoms with Crippen molar-refractivity contribution in [3.05, 3.63) is 36.0 Å². The highest BCUT2D eigenvalue weighted by atomic mass is 28.3. The molecule has 0 amide bonds. The molecule has 0 aliphatic carbocycles. The molecule has 1 heterocycles. The Balaban J connectivity index is 3.16. The number of allylic oxidation sites excluding steroid dienone is 1. The summed E-state index contributed by atoms with van der Waals surface area (Å²) in [5, 5.41) is 1.34. The van der Waals surface area contributed by atoms with E-state index in [2.05, 4.69) is 38.4 Å². The fraction of sp³-hybridized carbons (Fsp3) is 0.500. The van der Waals surface area contributed by atoms with Gasteiger partial charge < -0.3 is 4.74 Å². The zero-order valence-corrected chi connectivity index (χ0v) is 14.4. The minimum absolute atomic E-state index is 0.159. The van der Waals surface area contributed by atoms with Gasteiger partial charge in [0.05, 0.1) is 7.11 Å². The van der Waals surface area contributed by atoms with E-state index in [1.807, 2.05) is 25.3 Å². The number of methoxy groups -OCH3 is 1. The van der Waals surface area contributed by atoms with E-state index < -0.39 is 8.07 Å². The fourth-order valence-electron chi connectivity index (χ4n) is 2.30. The molecule has 1 aromatic heterocycles. The molecular formula is C16H25NO2Si. The zero-order valence-electron chi connectivity index (χ0n) is 13.4. The summed E-state index contributed by atoms with van der Waals surface area (Å²) < 4.78 is 4.71. The molecule has 3 nitrogen and oxygen atoms in total. The molecule has 0 aliphatic rings. The number of carbonyl (C=O) groups is 1. The maximum absolute atomic E-state index is 11.4. The van der Waals surface area contributed by atoms with Crippen LogP contribution in [0.25, 0.3) is 0 Å². The molecule has 0 spiro atoms. The highest BCUT2D eigenvalue weighted by Crippen LogP contribution is 2.39.